The largest absolute Gasteiger partial charge is 0.387 e. The van der Waals surface area contributed by atoms with Crippen LogP contribution in [0, 0.1) is 11.3 Å². The van der Waals surface area contributed by atoms with E-state index in [0.29, 0.717) is 36.5 Å². The minimum atomic E-state index is -0.685. The summed E-state index contributed by atoms with van der Waals surface area (Å²) < 4.78 is 0. The van der Waals surface area contributed by atoms with Crippen molar-refractivity contribution < 1.29 is 9.90 Å². The molecule has 0 aliphatic rings. The van der Waals surface area contributed by atoms with Crippen molar-refractivity contribution in [1.82, 2.24) is 20.2 Å². The molecule has 3 rings (SSSR count). The van der Waals surface area contributed by atoms with Gasteiger partial charge in [-0.15, -0.1) is 0 Å². The first-order chi connectivity index (χ1) is 15.1. The molecule has 7 heteroatoms. The van der Waals surface area contributed by atoms with Crippen LogP contribution in [0.15, 0.2) is 67.1 Å². The van der Waals surface area contributed by atoms with Crippen LogP contribution in [0.1, 0.15) is 38.8 Å². The highest BCUT2D eigenvalue weighted by Gasteiger charge is 2.12. The van der Waals surface area contributed by atoms with Gasteiger partial charge in [0, 0.05) is 49.9 Å². The van der Waals surface area contributed by atoms with Gasteiger partial charge in [-0.2, -0.15) is 5.26 Å². The van der Waals surface area contributed by atoms with Crippen molar-refractivity contribution in [1.29, 1.82) is 5.26 Å². The molecule has 1 amide bonds. The second kappa shape index (κ2) is 11.0. The van der Waals surface area contributed by atoms with Gasteiger partial charge in [-0.1, -0.05) is 24.3 Å². The molecule has 0 spiro atoms. The van der Waals surface area contributed by atoms with E-state index in [1.165, 1.54) is 6.20 Å². The lowest BCUT2D eigenvalue weighted by Crippen LogP contribution is -2.26. The second-order valence-corrected chi connectivity index (χ2v) is 7.28. The Morgan fingerprint density at radius 3 is 2.61 bits per heavy atom. The second-order valence-electron chi connectivity index (χ2n) is 7.28. The van der Waals surface area contributed by atoms with E-state index in [-0.39, 0.29) is 5.91 Å². The summed E-state index contributed by atoms with van der Waals surface area (Å²) in [7, 11) is 1.78. The summed E-state index contributed by atoms with van der Waals surface area (Å²) in [5.41, 5.74) is 3.74. The van der Waals surface area contributed by atoms with Crippen molar-refractivity contribution in [3.63, 3.8) is 0 Å². The minimum Gasteiger partial charge on any atom is -0.387 e. The van der Waals surface area contributed by atoms with Crippen LogP contribution in [-0.2, 0) is 13.0 Å². The number of hydrogen-bond donors (Lipinski definition) is 2. The van der Waals surface area contributed by atoms with Crippen LogP contribution in [0.3, 0.4) is 0 Å². The number of aliphatic hydroxyl groups excluding tert-OH is 1. The lowest BCUT2D eigenvalue weighted by Gasteiger charge is -2.17. The van der Waals surface area contributed by atoms with E-state index in [2.05, 4.69) is 15.3 Å². The number of carbonyl (C=O) groups excluding carboxylic acids is 1. The number of nitriles is 1. The zero-order valence-corrected chi connectivity index (χ0v) is 17.4. The van der Waals surface area contributed by atoms with Gasteiger partial charge in [-0.25, -0.2) is 4.98 Å². The first kappa shape index (κ1) is 22.1. The van der Waals surface area contributed by atoms with Crippen molar-refractivity contribution in [2.75, 3.05) is 20.1 Å². The van der Waals surface area contributed by atoms with E-state index in [0.717, 1.165) is 17.5 Å². The molecular weight excluding hydrogens is 390 g/mol. The zero-order chi connectivity index (χ0) is 22.1. The molecule has 2 heterocycles. The highest BCUT2D eigenvalue weighted by molar-refractivity contribution is 5.94. The third-order valence-electron chi connectivity index (χ3n) is 4.90. The van der Waals surface area contributed by atoms with Gasteiger partial charge in [0.1, 0.15) is 11.8 Å². The number of aromatic nitrogens is 2. The Bertz CT molecular complexity index is 1010. The Morgan fingerprint density at radius 2 is 1.97 bits per heavy atom. The fraction of sp³-hybridized carbons (Fsp3) is 0.250. The van der Waals surface area contributed by atoms with Crippen LogP contribution in [0.5, 0.6) is 0 Å². The zero-order valence-electron chi connectivity index (χ0n) is 17.4. The monoisotopic (exact) mass is 415 g/mol. The molecular formula is C24H25N5O2. The van der Waals surface area contributed by atoms with Crippen molar-refractivity contribution in [2.24, 2.45) is 0 Å². The molecule has 0 saturated carbocycles. The number of nitrogens with one attached hydrogen (secondary N) is 1. The first-order valence-corrected chi connectivity index (χ1v) is 10.0. The lowest BCUT2D eigenvalue weighted by molar-refractivity contribution is 0.0785. The molecule has 0 bridgehead atoms. The normalized spacial score (nSPS) is 11.5. The molecule has 158 valence electrons. The predicted octanol–water partition coefficient (Wildman–Crippen LogP) is 2.49. The highest BCUT2D eigenvalue weighted by Crippen LogP contribution is 2.12. The summed E-state index contributed by atoms with van der Waals surface area (Å²) in [5, 5.41) is 22.2. The molecule has 2 aromatic heterocycles. The fourth-order valence-electron chi connectivity index (χ4n) is 3.13. The van der Waals surface area contributed by atoms with Gasteiger partial charge >= 0.3 is 0 Å². The maximum Gasteiger partial charge on any atom is 0.253 e. The smallest absolute Gasteiger partial charge is 0.253 e. The number of rotatable bonds is 9. The number of amides is 1. The lowest BCUT2D eigenvalue weighted by atomic mass is 10.1. The Kier molecular flexibility index (Phi) is 7.82. The molecule has 7 nitrogen and oxygen atoms in total. The molecule has 3 aromatic rings. The van der Waals surface area contributed by atoms with Crippen LogP contribution in [-0.4, -0.2) is 46.0 Å². The molecule has 0 saturated heterocycles. The summed E-state index contributed by atoms with van der Waals surface area (Å²) in [5.74, 6) is -0.0346. The maximum atomic E-state index is 12.6. The quantitative estimate of drug-likeness (QED) is 0.521. The molecule has 1 atom stereocenters. The summed E-state index contributed by atoms with van der Waals surface area (Å²) >= 11 is 0. The molecule has 0 unspecified atom stereocenters. The van der Waals surface area contributed by atoms with Crippen molar-refractivity contribution in [3.05, 3.63) is 95.1 Å². The Morgan fingerprint density at radius 1 is 1.16 bits per heavy atom. The van der Waals surface area contributed by atoms with Crippen molar-refractivity contribution in [3.8, 4) is 6.07 Å². The van der Waals surface area contributed by atoms with Crippen LogP contribution in [0.25, 0.3) is 0 Å². The van der Waals surface area contributed by atoms with Gasteiger partial charge in [0.2, 0.25) is 0 Å². The Labute approximate surface area is 182 Å². The third-order valence-corrected chi connectivity index (χ3v) is 4.90. The predicted molar refractivity (Wildman–Crippen MR) is 117 cm³/mol. The average Bonchev–Trinajstić information content (AvgIpc) is 2.82. The summed E-state index contributed by atoms with van der Waals surface area (Å²) in [6.45, 7) is 1.59. The van der Waals surface area contributed by atoms with Crippen molar-refractivity contribution in [2.45, 2.75) is 19.1 Å². The van der Waals surface area contributed by atoms with E-state index < -0.39 is 6.10 Å². The van der Waals surface area contributed by atoms with Gasteiger partial charge in [0.25, 0.3) is 5.91 Å². The van der Waals surface area contributed by atoms with Crippen LogP contribution >= 0.6 is 0 Å². The van der Waals surface area contributed by atoms with Crippen LogP contribution in [0.2, 0.25) is 0 Å². The third kappa shape index (κ3) is 6.44. The standard InChI is InChI=1S/C24H25N5O2/c1-29(17-19-3-2-11-26-14-19)24(31)20-6-4-18(5-7-20)10-12-27-16-23(30)21-8-9-22(13-25)28-15-21/h2-9,11,14-15,23,27,30H,10,12,16-17H2,1H3/t23-/m0/s1. The summed E-state index contributed by atoms with van der Waals surface area (Å²) in [4.78, 5) is 22.3. The topological polar surface area (TPSA) is 102 Å². The Hall–Kier alpha value is -3.60. The Balaban J connectivity index is 1.43. The SMILES string of the molecule is CN(Cc1cccnc1)C(=O)c1ccc(CCNC[C@H](O)c2ccc(C#N)nc2)cc1. The molecule has 2 N–H and O–H groups in total. The highest BCUT2D eigenvalue weighted by atomic mass is 16.3. The molecule has 1 aromatic carbocycles. The number of carbonyl (C=O) groups is 1. The average molecular weight is 415 g/mol. The van der Waals surface area contributed by atoms with Gasteiger partial charge in [0.05, 0.1) is 6.10 Å². The maximum absolute atomic E-state index is 12.6. The molecule has 0 fully saturated rings. The van der Waals surface area contributed by atoms with E-state index in [9.17, 15) is 9.90 Å². The van der Waals surface area contributed by atoms with Gasteiger partial charge in [-0.3, -0.25) is 9.78 Å². The number of hydrogen-bond acceptors (Lipinski definition) is 6. The number of nitrogens with zero attached hydrogens (tertiary/aromatic N) is 4. The van der Waals surface area contributed by atoms with Crippen molar-refractivity contribution >= 4 is 5.91 Å². The van der Waals surface area contributed by atoms with Gasteiger partial charge in [-0.05, 0) is 48.4 Å². The fourth-order valence-corrected chi connectivity index (χ4v) is 3.13. The van der Waals surface area contributed by atoms with Crippen LogP contribution in [0.4, 0.5) is 0 Å². The number of pyridine rings is 2. The number of benzene rings is 1. The van der Waals surface area contributed by atoms with E-state index >= 15 is 0 Å². The molecule has 0 radical (unpaired) electrons. The summed E-state index contributed by atoms with van der Waals surface area (Å²) in [6, 6.07) is 16.6. The van der Waals surface area contributed by atoms with E-state index in [1.807, 2.05) is 42.5 Å². The van der Waals surface area contributed by atoms with Crippen LogP contribution < -0.4 is 5.32 Å². The molecule has 0 aliphatic carbocycles. The first-order valence-electron chi connectivity index (χ1n) is 10.0. The van der Waals surface area contributed by atoms with E-state index in [1.54, 1.807) is 36.5 Å². The van der Waals surface area contributed by atoms with Gasteiger partial charge in [0.15, 0.2) is 0 Å². The minimum absolute atomic E-state index is 0.0346. The van der Waals surface area contributed by atoms with Gasteiger partial charge < -0.3 is 15.3 Å². The molecule has 0 aliphatic heterocycles. The summed E-state index contributed by atoms with van der Waals surface area (Å²) in [6.07, 6.45) is 5.08. The molecule has 31 heavy (non-hydrogen) atoms. The number of aliphatic hydroxyl groups is 1. The van der Waals surface area contributed by atoms with E-state index in [4.69, 9.17) is 5.26 Å².